The molecule has 0 aliphatic carbocycles. The Balaban J connectivity index is 1.47. The lowest BCUT2D eigenvalue weighted by Gasteiger charge is -2.03. The van der Waals surface area contributed by atoms with E-state index in [0.29, 0.717) is 6.61 Å². The topological polar surface area (TPSA) is 45.2 Å². The van der Waals surface area contributed by atoms with Crippen LogP contribution in [-0.4, -0.2) is 23.8 Å². The SMILES string of the molecule is COc1cccc2cc(CCCCCCCCCCCCCCO)[nH]c12. The van der Waals surface area contributed by atoms with Crippen LogP contribution in [-0.2, 0) is 6.42 Å². The fraction of sp³-hybridized carbons (Fsp3) is 0.652. The van der Waals surface area contributed by atoms with Gasteiger partial charge in [0.05, 0.1) is 12.6 Å². The standard InChI is InChI=1S/C23H37NO2/c1-26-22-17-14-15-20-19-21(24-23(20)22)16-12-10-8-6-4-2-3-5-7-9-11-13-18-25/h14-15,17,19,24-25H,2-13,16,18H2,1H3. The van der Waals surface area contributed by atoms with Crippen molar-refractivity contribution in [3.8, 4) is 5.75 Å². The van der Waals surface area contributed by atoms with Crippen LogP contribution >= 0.6 is 0 Å². The van der Waals surface area contributed by atoms with E-state index in [-0.39, 0.29) is 0 Å². The van der Waals surface area contributed by atoms with Crippen molar-refractivity contribution in [2.24, 2.45) is 0 Å². The maximum Gasteiger partial charge on any atom is 0.142 e. The summed E-state index contributed by atoms with van der Waals surface area (Å²) in [6, 6.07) is 8.47. The van der Waals surface area contributed by atoms with Crippen LogP contribution < -0.4 is 4.74 Å². The molecule has 0 saturated heterocycles. The van der Waals surface area contributed by atoms with Crippen molar-refractivity contribution in [1.29, 1.82) is 0 Å². The molecule has 2 aromatic rings. The van der Waals surface area contributed by atoms with Crippen LogP contribution in [0.4, 0.5) is 0 Å². The van der Waals surface area contributed by atoms with E-state index in [4.69, 9.17) is 9.84 Å². The highest BCUT2D eigenvalue weighted by Gasteiger charge is 2.05. The molecule has 1 aromatic carbocycles. The summed E-state index contributed by atoms with van der Waals surface area (Å²) in [5.41, 5.74) is 2.45. The van der Waals surface area contributed by atoms with Gasteiger partial charge < -0.3 is 14.8 Å². The minimum atomic E-state index is 0.356. The Kier molecular flexibility index (Phi) is 10.3. The second-order valence-corrected chi connectivity index (χ2v) is 7.44. The third kappa shape index (κ3) is 7.41. The number of rotatable bonds is 15. The molecule has 3 nitrogen and oxygen atoms in total. The molecule has 1 aromatic heterocycles. The zero-order valence-electron chi connectivity index (χ0n) is 16.6. The molecule has 146 valence electrons. The van der Waals surface area contributed by atoms with Gasteiger partial charge in [-0.15, -0.1) is 0 Å². The van der Waals surface area contributed by atoms with Crippen molar-refractivity contribution in [1.82, 2.24) is 4.98 Å². The first-order valence-corrected chi connectivity index (χ1v) is 10.6. The van der Waals surface area contributed by atoms with Crippen LogP contribution in [0.1, 0.15) is 82.7 Å². The molecule has 0 atom stereocenters. The van der Waals surface area contributed by atoms with Crippen LogP contribution in [0.25, 0.3) is 10.9 Å². The largest absolute Gasteiger partial charge is 0.495 e. The molecule has 0 spiro atoms. The maximum absolute atomic E-state index is 8.74. The highest BCUT2D eigenvalue weighted by Crippen LogP contribution is 2.26. The van der Waals surface area contributed by atoms with Crippen molar-refractivity contribution in [2.45, 2.75) is 83.5 Å². The number of H-pyrrole nitrogens is 1. The number of aliphatic hydroxyl groups is 1. The first-order valence-electron chi connectivity index (χ1n) is 10.6. The molecule has 0 bridgehead atoms. The minimum absolute atomic E-state index is 0.356. The number of ether oxygens (including phenoxy) is 1. The lowest BCUT2D eigenvalue weighted by molar-refractivity contribution is 0.282. The van der Waals surface area contributed by atoms with E-state index in [9.17, 15) is 0 Å². The lowest BCUT2D eigenvalue weighted by atomic mass is 10.0. The van der Waals surface area contributed by atoms with Gasteiger partial charge in [0.15, 0.2) is 0 Å². The molecule has 0 fully saturated rings. The second kappa shape index (κ2) is 12.8. The minimum Gasteiger partial charge on any atom is -0.495 e. The van der Waals surface area contributed by atoms with Gasteiger partial charge in [-0.3, -0.25) is 0 Å². The molecule has 0 unspecified atom stereocenters. The van der Waals surface area contributed by atoms with E-state index < -0.39 is 0 Å². The van der Waals surface area contributed by atoms with Crippen LogP contribution in [0.2, 0.25) is 0 Å². The van der Waals surface area contributed by atoms with Gasteiger partial charge >= 0.3 is 0 Å². The molecule has 0 aliphatic rings. The van der Waals surface area contributed by atoms with Gasteiger partial charge in [0, 0.05) is 17.7 Å². The number of benzene rings is 1. The monoisotopic (exact) mass is 359 g/mol. The van der Waals surface area contributed by atoms with Gasteiger partial charge in [-0.2, -0.15) is 0 Å². The van der Waals surface area contributed by atoms with E-state index in [1.54, 1.807) is 7.11 Å². The van der Waals surface area contributed by atoms with Crippen LogP contribution in [0.15, 0.2) is 24.3 Å². The van der Waals surface area contributed by atoms with Gasteiger partial charge in [-0.1, -0.05) is 76.3 Å². The number of methoxy groups -OCH3 is 1. The number of fused-ring (bicyclic) bond motifs is 1. The zero-order chi connectivity index (χ0) is 18.5. The number of aromatic amines is 1. The predicted molar refractivity (Wildman–Crippen MR) is 111 cm³/mol. The first-order chi connectivity index (χ1) is 12.8. The molecule has 0 amide bonds. The molecule has 0 radical (unpaired) electrons. The van der Waals surface area contributed by atoms with E-state index in [1.165, 1.54) is 81.7 Å². The Bertz CT molecular complexity index is 605. The highest BCUT2D eigenvalue weighted by atomic mass is 16.5. The third-order valence-corrected chi connectivity index (χ3v) is 5.25. The first kappa shape index (κ1) is 20.8. The smallest absolute Gasteiger partial charge is 0.142 e. The molecule has 1 heterocycles. The van der Waals surface area contributed by atoms with Gasteiger partial charge in [-0.05, 0) is 31.4 Å². The number of aryl methyl sites for hydroxylation is 1. The normalized spacial score (nSPS) is 11.3. The summed E-state index contributed by atoms with van der Waals surface area (Å²) in [6.07, 6.45) is 16.8. The number of unbranched alkanes of at least 4 members (excludes halogenated alkanes) is 11. The van der Waals surface area contributed by atoms with E-state index in [2.05, 4.69) is 17.1 Å². The number of aliphatic hydroxyl groups excluding tert-OH is 1. The summed E-state index contributed by atoms with van der Waals surface area (Å²) in [5, 5.41) is 9.99. The summed E-state index contributed by atoms with van der Waals surface area (Å²) in [4.78, 5) is 3.52. The highest BCUT2D eigenvalue weighted by molar-refractivity contribution is 5.86. The van der Waals surface area contributed by atoms with Gasteiger partial charge in [0.2, 0.25) is 0 Å². The van der Waals surface area contributed by atoms with Crippen molar-refractivity contribution in [2.75, 3.05) is 13.7 Å². The van der Waals surface area contributed by atoms with Crippen LogP contribution in [0.3, 0.4) is 0 Å². The number of para-hydroxylation sites is 1. The molecule has 0 saturated carbocycles. The molecule has 3 heteroatoms. The Labute approximate surface area is 159 Å². The second-order valence-electron chi connectivity index (χ2n) is 7.44. The molecule has 2 N–H and O–H groups in total. The van der Waals surface area contributed by atoms with Crippen molar-refractivity contribution in [3.05, 3.63) is 30.0 Å². The fourth-order valence-electron chi connectivity index (χ4n) is 3.69. The van der Waals surface area contributed by atoms with Crippen LogP contribution in [0.5, 0.6) is 5.75 Å². The lowest BCUT2D eigenvalue weighted by Crippen LogP contribution is -1.87. The van der Waals surface area contributed by atoms with Crippen molar-refractivity contribution < 1.29 is 9.84 Å². The third-order valence-electron chi connectivity index (χ3n) is 5.25. The number of hydrogen-bond donors (Lipinski definition) is 2. The molecular weight excluding hydrogens is 322 g/mol. The van der Waals surface area contributed by atoms with E-state index >= 15 is 0 Å². The Morgan fingerprint density at radius 1 is 0.808 bits per heavy atom. The Hall–Kier alpha value is -1.48. The Morgan fingerprint density at radius 3 is 1.96 bits per heavy atom. The molecule has 2 rings (SSSR count). The molecular formula is C23H37NO2. The van der Waals surface area contributed by atoms with Gasteiger partial charge in [0.1, 0.15) is 5.75 Å². The van der Waals surface area contributed by atoms with Gasteiger partial charge in [0.25, 0.3) is 0 Å². The summed E-state index contributed by atoms with van der Waals surface area (Å²) in [7, 11) is 1.73. The quantitative estimate of drug-likeness (QED) is 0.362. The Morgan fingerprint density at radius 2 is 1.38 bits per heavy atom. The zero-order valence-corrected chi connectivity index (χ0v) is 16.6. The average molecular weight is 360 g/mol. The maximum atomic E-state index is 8.74. The van der Waals surface area contributed by atoms with Crippen LogP contribution in [0, 0.1) is 0 Å². The summed E-state index contributed by atoms with van der Waals surface area (Å²) >= 11 is 0. The van der Waals surface area contributed by atoms with Crippen molar-refractivity contribution >= 4 is 10.9 Å². The predicted octanol–water partition coefficient (Wildman–Crippen LogP) is 6.39. The molecule has 0 aliphatic heterocycles. The summed E-state index contributed by atoms with van der Waals surface area (Å²) < 4.78 is 5.42. The fourth-order valence-corrected chi connectivity index (χ4v) is 3.69. The summed E-state index contributed by atoms with van der Waals surface area (Å²) in [5.74, 6) is 0.933. The number of hydrogen-bond acceptors (Lipinski definition) is 2. The van der Waals surface area contributed by atoms with Crippen molar-refractivity contribution in [3.63, 3.8) is 0 Å². The summed E-state index contributed by atoms with van der Waals surface area (Å²) in [6.45, 7) is 0.356. The molecule has 26 heavy (non-hydrogen) atoms. The number of nitrogens with one attached hydrogen (secondary N) is 1. The van der Waals surface area contributed by atoms with E-state index in [1.807, 2.05) is 12.1 Å². The van der Waals surface area contributed by atoms with E-state index in [0.717, 1.165) is 24.1 Å². The van der Waals surface area contributed by atoms with Gasteiger partial charge in [-0.25, -0.2) is 0 Å². The number of aromatic nitrogens is 1. The average Bonchev–Trinajstić information content (AvgIpc) is 3.08.